The van der Waals surface area contributed by atoms with Crippen molar-refractivity contribution in [3.8, 4) is 12.1 Å². The average Bonchev–Trinajstić information content (AvgIpc) is 3.01. The molecule has 3 aromatic rings. The zero-order valence-corrected chi connectivity index (χ0v) is 28.9. The zero-order chi connectivity index (χ0) is 35.5. The van der Waals surface area contributed by atoms with Gasteiger partial charge in [0.15, 0.2) is 0 Å². The van der Waals surface area contributed by atoms with E-state index in [4.69, 9.17) is 21.4 Å². The van der Waals surface area contributed by atoms with Crippen molar-refractivity contribution < 1.29 is 19.5 Å². The molecule has 0 spiro atoms. The summed E-state index contributed by atoms with van der Waals surface area (Å²) in [6.45, 7) is 13.1. The highest BCUT2D eigenvalue weighted by Gasteiger charge is 2.16. The van der Waals surface area contributed by atoms with Gasteiger partial charge in [0, 0.05) is 38.6 Å². The lowest BCUT2D eigenvalue weighted by Crippen LogP contribution is -2.13. The van der Waals surface area contributed by atoms with Crippen LogP contribution in [0.4, 0.5) is 0 Å². The van der Waals surface area contributed by atoms with Gasteiger partial charge in [0.05, 0.1) is 23.3 Å². The summed E-state index contributed by atoms with van der Waals surface area (Å²) in [5.74, 6) is -0.147. The van der Waals surface area contributed by atoms with E-state index in [1.807, 2.05) is 30.3 Å². The SMILES string of the molecule is CC(C)(C)CC(=O)CCc1ccc(C#N)cc1.CC(C)(C)CC(=O)CCc1ccc(CN)cc1.N#Cc1ccc(CCC(=O)O)cc1. The molecule has 7 nitrogen and oxygen atoms in total. The molecule has 0 heterocycles. The minimum absolute atomic E-state index is 0.0712. The first-order valence-corrected chi connectivity index (χ1v) is 16.0. The number of rotatable bonds is 12. The van der Waals surface area contributed by atoms with Gasteiger partial charge in [-0.25, -0.2) is 0 Å². The molecule has 3 rings (SSSR count). The number of aryl methyl sites for hydroxylation is 3. The summed E-state index contributed by atoms with van der Waals surface area (Å²) in [6.07, 6.45) is 4.76. The van der Waals surface area contributed by atoms with E-state index in [0.717, 1.165) is 29.5 Å². The summed E-state index contributed by atoms with van der Waals surface area (Å²) in [6, 6.07) is 26.6. The largest absolute Gasteiger partial charge is 0.481 e. The Morgan fingerprint density at radius 2 is 0.872 bits per heavy atom. The number of carbonyl (C=O) groups excluding carboxylic acids is 2. The van der Waals surface area contributed by atoms with Crippen LogP contribution < -0.4 is 5.73 Å². The van der Waals surface area contributed by atoms with Crippen LogP contribution in [0.5, 0.6) is 0 Å². The standard InChI is InChI=1S/C15H23NO.C15H19NO.C10H9NO2/c2*1-15(2,3)10-14(17)9-8-12-4-6-13(11-16)7-5-12;11-7-9-3-1-8(2-4-9)5-6-10(12)13/h4-7H,8-11,16H2,1-3H3;4-7H,8-10H2,1-3H3;1-4H,5-6H2,(H,12,13). The molecule has 3 N–H and O–H groups in total. The van der Waals surface area contributed by atoms with Gasteiger partial charge in [0.2, 0.25) is 0 Å². The van der Waals surface area contributed by atoms with E-state index >= 15 is 0 Å². The molecule has 0 aromatic heterocycles. The number of Topliss-reactive ketones (excluding diaryl/α,β-unsaturated/α-hetero) is 2. The Hall–Kier alpha value is -4.59. The number of carbonyl (C=O) groups is 3. The summed E-state index contributed by atoms with van der Waals surface area (Å²) in [5.41, 5.74) is 11.4. The molecule has 3 aromatic carbocycles. The molecule has 0 saturated carbocycles. The molecule has 0 aliphatic rings. The highest BCUT2D eigenvalue weighted by atomic mass is 16.4. The van der Waals surface area contributed by atoms with Crippen LogP contribution in [-0.2, 0) is 40.2 Å². The number of hydrogen-bond donors (Lipinski definition) is 2. The minimum Gasteiger partial charge on any atom is -0.481 e. The Morgan fingerprint density at radius 1 is 0.574 bits per heavy atom. The third-order valence-corrected chi connectivity index (χ3v) is 6.89. The number of carboxylic acids is 1. The fraction of sp³-hybridized carbons (Fsp3) is 0.425. The molecule has 47 heavy (non-hydrogen) atoms. The molecule has 0 fully saturated rings. The van der Waals surface area contributed by atoms with Crippen LogP contribution >= 0.6 is 0 Å². The van der Waals surface area contributed by atoms with Crippen molar-refractivity contribution in [3.05, 3.63) is 106 Å². The maximum Gasteiger partial charge on any atom is 0.303 e. The van der Waals surface area contributed by atoms with Crippen LogP contribution in [0.2, 0.25) is 0 Å². The van der Waals surface area contributed by atoms with Crippen LogP contribution in [0.25, 0.3) is 0 Å². The maximum absolute atomic E-state index is 11.7. The Morgan fingerprint density at radius 3 is 1.15 bits per heavy atom. The van der Waals surface area contributed by atoms with Gasteiger partial charge in [-0.05, 0) is 76.6 Å². The Kier molecular flexibility index (Phi) is 17.7. The third-order valence-electron chi connectivity index (χ3n) is 6.89. The van der Waals surface area contributed by atoms with E-state index in [-0.39, 0.29) is 17.3 Å². The number of nitriles is 2. The fourth-order valence-corrected chi connectivity index (χ4v) is 4.51. The van der Waals surface area contributed by atoms with Gasteiger partial charge in [0.1, 0.15) is 11.6 Å². The summed E-state index contributed by atoms with van der Waals surface area (Å²) in [7, 11) is 0. The van der Waals surface area contributed by atoms with Crippen LogP contribution in [0.15, 0.2) is 72.8 Å². The van der Waals surface area contributed by atoms with Crippen molar-refractivity contribution in [2.45, 2.75) is 99.5 Å². The van der Waals surface area contributed by atoms with Crippen molar-refractivity contribution in [1.29, 1.82) is 10.5 Å². The number of nitrogens with zero attached hydrogens (tertiary/aromatic N) is 2. The fourth-order valence-electron chi connectivity index (χ4n) is 4.51. The molecule has 250 valence electrons. The molecule has 0 amide bonds. The topological polar surface area (TPSA) is 145 Å². The van der Waals surface area contributed by atoms with Gasteiger partial charge in [-0.15, -0.1) is 0 Å². The Bertz CT molecular complexity index is 1480. The lowest BCUT2D eigenvalue weighted by molar-refractivity contribution is -0.137. The number of hydrogen-bond acceptors (Lipinski definition) is 6. The second kappa shape index (κ2) is 20.5. The second-order valence-corrected chi connectivity index (χ2v) is 14.1. The predicted molar refractivity (Wildman–Crippen MR) is 187 cm³/mol. The van der Waals surface area contributed by atoms with Crippen molar-refractivity contribution in [1.82, 2.24) is 0 Å². The van der Waals surface area contributed by atoms with Crippen LogP contribution in [0, 0.1) is 33.5 Å². The second-order valence-electron chi connectivity index (χ2n) is 14.1. The van der Waals surface area contributed by atoms with E-state index < -0.39 is 5.97 Å². The van der Waals surface area contributed by atoms with E-state index in [2.05, 4.69) is 59.7 Å². The minimum atomic E-state index is -0.802. The molecular formula is C40H51N3O4. The first-order valence-electron chi connectivity index (χ1n) is 16.0. The first-order chi connectivity index (χ1) is 22.0. The molecule has 0 atom stereocenters. The summed E-state index contributed by atoms with van der Waals surface area (Å²) in [5, 5.41) is 25.6. The predicted octanol–water partition coefficient (Wildman–Crippen LogP) is 8.15. The number of nitrogens with two attached hydrogens (primary N) is 1. The monoisotopic (exact) mass is 637 g/mol. The number of benzene rings is 3. The van der Waals surface area contributed by atoms with Crippen molar-refractivity contribution >= 4 is 17.5 Å². The molecule has 0 unspecified atom stereocenters. The lowest BCUT2D eigenvalue weighted by Gasteiger charge is -2.16. The summed E-state index contributed by atoms with van der Waals surface area (Å²) >= 11 is 0. The van der Waals surface area contributed by atoms with Gasteiger partial charge in [-0.3, -0.25) is 14.4 Å². The molecule has 0 aliphatic carbocycles. The molecular weight excluding hydrogens is 586 g/mol. The maximum atomic E-state index is 11.7. The lowest BCUT2D eigenvalue weighted by atomic mass is 9.88. The highest BCUT2D eigenvalue weighted by Crippen LogP contribution is 2.21. The van der Waals surface area contributed by atoms with Crippen LogP contribution in [0.1, 0.15) is 107 Å². The van der Waals surface area contributed by atoms with E-state index in [9.17, 15) is 14.4 Å². The average molecular weight is 638 g/mol. The van der Waals surface area contributed by atoms with Crippen molar-refractivity contribution in [3.63, 3.8) is 0 Å². The molecule has 0 bridgehead atoms. The highest BCUT2D eigenvalue weighted by molar-refractivity contribution is 5.79. The van der Waals surface area contributed by atoms with Gasteiger partial charge in [-0.2, -0.15) is 10.5 Å². The smallest absolute Gasteiger partial charge is 0.303 e. The van der Waals surface area contributed by atoms with Crippen LogP contribution in [0.3, 0.4) is 0 Å². The van der Waals surface area contributed by atoms with Crippen molar-refractivity contribution in [2.24, 2.45) is 16.6 Å². The molecule has 0 aliphatic heterocycles. The van der Waals surface area contributed by atoms with E-state index in [1.54, 1.807) is 36.4 Å². The number of ketones is 2. The van der Waals surface area contributed by atoms with Gasteiger partial charge < -0.3 is 10.8 Å². The molecule has 7 heteroatoms. The third kappa shape index (κ3) is 20.2. The van der Waals surface area contributed by atoms with Gasteiger partial charge >= 0.3 is 5.97 Å². The Balaban J connectivity index is 0.000000356. The zero-order valence-electron chi connectivity index (χ0n) is 28.9. The summed E-state index contributed by atoms with van der Waals surface area (Å²) < 4.78 is 0. The van der Waals surface area contributed by atoms with E-state index in [0.29, 0.717) is 61.3 Å². The van der Waals surface area contributed by atoms with Crippen LogP contribution in [-0.4, -0.2) is 22.6 Å². The number of aliphatic carboxylic acids is 1. The normalized spacial score (nSPS) is 10.7. The Labute approximate surface area is 281 Å². The van der Waals surface area contributed by atoms with Gasteiger partial charge in [-0.1, -0.05) is 90.1 Å². The first kappa shape index (κ1) is 40.4. The summed E-state index contributed by atoms with van der Waals surface area (Å²) in [4.78, 5) is 33.7. The van der Waals surface area contributed by atoms with Gasteiger partial charge in [0.25, 0.3) is 0 Å². The molecule has 0 saturated heterocycles. The van der Waals surface area contributed by atoms with E-state index in [1.165, 1.54) is 5.56 Å². The quantitative estimate of drug-likeness (QED) is 0.204. The van der Waals surface area contributed by atoms with Crippen molar-refractivity contribution in [2.75, 3.05) is 0 Å². The number of carboxylic acid groups (broad SMARTS) is 1. The molecule has 0 radical (unpaired) electrons.